The smallest absolute Gasteiger partial charge is 0.220 e. The van der Waals surface area contributed by atoms with E-state index in [1.54, 1.807) is 10.4 Å². The van der Waals surface area contributed by atoms with Crippen LogP contribution in [0.2, 0.25) is 0 Å². The quantitative estimate of drug-likeness (QED) is 0.892. The molecule has 2 aliphatic rings. The third-order valence-corrected chi connectivity index (χ3v) is 7.01. The van der Waals surface area contributed by atoms with Gasteiger partial charge in [-0.25, -0.2) is 12.7 Å². The van der Waals surface area contributed by atoms with Gasteiger partial charge < -0.3 is 10.3 Å². The fourth-order valence-corrected chi connectivity index (χ4v) is 5.56. The summed E-state index contributed by atoms with van der Waals surface area (Å²) in [5.41, 5.74) is 7.29. The molecule has 2 heterocycles. The highest BCUT2D eigenvalue weighted by Gasteiger charge is 2.43. The number of hydrogen-bond donors (Lipinski definition) is 1. The van der Waals surface area contributed by atoms with E-state index >= 15 is 0 Å². The van der Waals surface area contributed by atoms with Gasteiger partial charge in [0.05, 0.1) is 0 Å². The number of aromatic nitrogens is 1. The van der Waals surface area contributed by atoms with Gasteiger partial charge >= 0.3 is 0 Å². The third kappa shape index (κ3) is 3.06. The highest BCUT2D eigenvalue weighted by atomic mass is 35.5. The molecule has 0 bridgehead atoms. The molecule has 132 valence electrons. The summed E-state index contributed by atoms with van der Waals surface area (Å²) in [5, 5.41) is 4.72. The normalized spacial score (nSPS) is 27.8. The van der Waals surface area contributed by atoms with Crippen LogP contribution in [-0.4, -0.2) is 37.0 Å². The van der Waals surface area contributed by atoms with Gasteiger partial charge in [-0.3, -0.25) is 0 Å². The Morgan fingerprint density at radius 1 is 1.25 bits per heavy atom. The van der Waals surface area contributed by atoms with E-state index in [0.717, 1.165) is 24.6 Å². The molecule has 24 heavy (non-hydrogen) atoms. The number of benzene rings is 1. The minimum atomic E-state index is -3.40. The molecule has 0 spiro atoms. The minimum absolute atomic E-state index is 0. The molecule has 0 radical (unpaired) electrons. The number of nitrogens with zero attached hydrogens (tertiary/aromatic N) is 2. The molecule has 3 unspecified atom stereocenters. The van der Waals surface area contributed by atoms with Gasteiger partial charge in [0.25, 0.3) is 0 Å². The van der Waals surface area contributed by atoms with Gasteiger partial charge in [-0.2, -0.15) is 0 Å². The molecule has 2 fully saturated rings. The molecule has 1 saturated heterocycles. The Bertz CT molecular complexity index is 823. The Labute approximate surface area is 147 Å². The van der Waals surface area contributed by atoms with Crippen molar-refractivity contribution in [2.24, 2.45) is 17.6 Å². The van der Waals surface area contributed by atoms with Crippen LogP contribution in [0.25, 0.3) is 11.0 Å². The predicted molar refractivity (Wildman–Crippen MR) is 94.3 cm³/mol. The maximum absolute atomic E-state index is 12.8. The highest BCUT2D eigenvalue weighted by molar-refractivity contribution is 7.88. The molecule has 1 aromatic carbocycles. The maximum atomic E-state index is 12.8. The van der Waals surface area contributed by atoms with Crippen molar-refractivity contribution < 1.29 is 12.9 Å². The van der Waals surface area contributed by atoms with Crippen molar-refractivity contribution >= 4 is 33.4 Å². The van der Waals surface area contributed by atoms with E-state index in [1.807, 2.05) is 18.2 Å². The number of sulfonamides is 1. The Morgan fingerprint density at radius 2 is 2.04 bits per heavy atom. The Morgan fingerprint density at radius 3 is 2.83 bits per heavy atom. The largest absolute Gasteiger partial charge is 0.356 e. The number of nitrogens with two attached hydrogens (primary N) is 1. The fraction of sp³-hybridized carbons (Fsp3) is 0.562. The lowest BCUT2D eigenvalue weighted by Crippen LogP contribution is -2.38. The lowest BCUT2D eigenvalue weighted by atomic mass is 9.78. The second-order valence-corrected chi connectivity index (χ2v) is 8.69. The van der Waals surface area contributed by atoms with Crippen LogP contribution >= 0.6 is 12.4 Å². The molecule has 1 aliphatic carbocycles. The second kappa shape index (κ2) is 6.63. The summed E-state index contributed by atoms with van der Waals surface area (Å²) in [6.07, 6.45) is 3.18. The van der Waals surface area contributed by atoms with Gasteiger partial charge in [0.2, 0.25) is 10.0 Å². The molecule has 1 aliphatic heterocycles. The molecule has 0 amide bonds. The first-order chi connectivity index (χ1) is 11.0. The average molecular weight is 372 g/mol. The highest BCUT2D eigenvalue weighted by Crippen LogP contribution is 2.37. The first kappa shape index (κ1) is 17.7. The monoisotopic (exact) mass is 371 g/mol. The number of halogens is 1. The average Bonchev–Trinajstić information content (AvgIpc) is 3.13. The zero-order chi connectivity index (χ0) is 16.0. The second-order valence-electron chi connectivity index (χ2n) is 6.72. The van der Waals surface area contributed by atoms with Gasteiger partial charge in [0, 0.05) is 24.5 Å². The number of para-hydroxylation sites is 1. The van der Waals surface area contributed by atoms with Gasteiger partial charge in [-0.1, -0.05) is 23.7 Å². The van der Waals surface area contributed by atoms with E-state index in [2.05, 4.69) is 5.16 Å². The van der Waals surface area contributed by atoms with E-state index in [0.29, 0.717) is 36.2 Å². The van der Waals surface area contributed by atoms with Crippen LogP contribution in [0, 0.1) is 11.8 Å². The predicted octanol–water partition coefficient (Wildman–Crippen LogP) is 2.14. The SMILES string of the molecule is Cl.NC1CCCC2CN(S(=O)(=O)Cc3noc4ccccc34)CC12. The first-order valence-corrected chi connectivity index (χ1v) is 9.72. The summed E-state index contributed by atoms with van der Waals surface area (Å²) >= 11 is 0. The first-order valence-electron chi connectivity index (χ1n) is 8.11. The van der Waals surface area contributed by atoms with E-state index in [4.69, 9.17) is 10.3 Å². The van der Waals surface area contributed by atoms with Gasteiger partial charge in [-0.15, -0.1) is 12.4 Å². The van der Waals surface area contributed by atoms with Gasteiger partial charge in [-0.05, 0) is 36.8 Å². The van der Waals surface area contributed by atoms with E-state index in [9.17, 15) is 8.42 Å². The zero-order valence-corrected chi connectivity index (χ0v) is 14.9. The molecule has 8 heteroatoms. The van der Waals surface area contributed by atoms with Crippen LogP contribution in [0.15, 0.2) is 28.8 Å². The van der Waals surface area contributed by atoms with Gasteiger partial charge in [0.1, 0.15) is 11.4 Å². The molecular formula is C16H22ClN3O3S. The van der Waals surface area contributed by atoms with Gasteiger partial charge in [0.15, 0.2) is 5.58 Å². The van der Waals surface area contributed by atoms with Crippen LogP contribution in [0.3, 0.4) is 0 Å². The molecule has 2 aromatic rings. The topological polar surface area (TPSA) is 89.4 Å². The molecule has 1 saturated carbocycles. The van der Waals surface area contributed by atoms with Crippen molar-refractivity contribution in [3.8, 4) is 0 Å². The third-order valence-electron chi connectivity index (χ3n) is 5.29. The molecule has 6 nitrogen and oxygen atoms in total. The van der Waals surface area contributed by atoms with E-state index in [1.165, 1.54) is 0 Å². The van der Waals surface area contributed by atoms with Crippen LogP contribution in [0.4, 0.5) is 0 Å². The van der Waals surface area contributed by atoms with Crippen LogP contribution in [0.1, 0.15) is 25.0 Å². The van der Waals surface area contributed by atoms with Crippen molar-refractivity contribution in [1.29, 1.82) is 0 Å². The van der Waals surface area contributed by atoms with E-state index < -0.39 is 10.0 Å². The van der Waals surface area contributed by atoms with Crippen molar-refractivity contribution in [2.45, 2.75) is 31.1 Å². The molecule has 3 atom stereocenters. The summed E-state index contributed by atoms with van der Waals surface area (Å²) in [6, 6.07) is 7.47. The molecule has 4 rings (SSSR count). The Kier molecular flexibility index (Phi) is 4.88. The lowest BCUT2D eigenvalue weighted by Gasteiger charge is -2.29. The summed E-state index contributed by atoms with van der Waals surface area (Å²) < 4.78 is 32.4. The number of rotatable bonds is 3. The van der Waals surface area contributed by atoms with E-state index in [-0.39, 0.29) is 24.2 Å². The number of fused-ring (bicyclic) bond motifs is 2. The van der Waals surface area contributed by atoms with Crippen LogP contribution in [-0.2, 0) is 15.8 Å². The molecule has 2 N–H and O–H groups in total. The maximum Gasteiger partial charge on any atom is 0.220 e. The standard InChI is InChI=1S/C16H21N3O3S.ClH/c17-14-6-3-4-11-8-19(9-13(11)14)23(20,21)10-15-12-5-1-2-7-16(12)22-18-15;/h1-2,5,7,11,13-14H,3-4,6,8-10,17H2;1H. The van der Waals surface area contributed by atoms with Crippen LogP contribution in [0.5, 0.6) is 0 Å². The summed E-state index contributed by atoms with van der Waals surface area (Å²) in [4.78, 5) is 0. The summed E-state index contributed by atoms with van der Waals surface area (Å²) in [6.45, 7) is 1.14. The zero-order valence-electron chi connectivity index (χ0n) is 13.3. The summed E-state index contributed by atoms with van der Waals surface area (Å²) in [7, 11) is -3.40. The molecule has 1 aromatic heterocycles. The minimum Gasteiger partial charge on any atom is -0.356 e. The molecular weight excluding hydrogens is 350 g/mol. The van der Waals surface area contributed by atoms with Crippen molar-refractivity contribution in [3.05, 3.63) is 30.0 Å². The summed E-state index contributed by atoms with van der Waals surface area (Å²) in [5.74, 6) is 0.591. The lowest BCUT2D eigenvalue weighted by molar-refractivity contribution is 0.260. The number of hydrogen-bond acceptors (Lipinski definition) is 5. The van der Waals surface area contributed by atoms with Crippen LogP contribution < -0.4 is 5.73 Å². The van der Waals surface area contributed by atoms with Crippen molar-refractivity contribution in [1.82, 2.24) is 9.46 Å². The van der Waals surface area contributed by atoms with Crippen molar-refractivity contribution in [3.63, 3.8) is 0 Å². The van der Waals surface area contributed by atoms with Crippen molar-refractivity contribution in [2.75, 3.05) is 13.1 Å². The fourth-order valence-electron chi connectivity index (χ4n) is 4.01. The Hall–Kier alpha value is -1.15. The Balaban J connectivity index is 0.00000169.